The van der Waals surface area contributed by atoms with Crippen LogP contribution in [0.4, 0.5) is 0 Å². The maximum Gasteiger partial charge on any atom is 0.245 e. The van der Waals surface area contributed by atoms with Crippen molar-refractivity contribution in [3.63, 3.8) is 0 Å². The Hall–Kier alpha value is -2.43. The molecule has 1 aromatic heterocycles. The quantitative estimate of drug-likeness (QED) is 0.373. The molecule has 4 rings (SSSR count). The first-order valence-electron chi connectivity index (χ1n) is 12.1. The molecule has 0 aliphatic carbocycles. The van der Waals surface area contributed by atoms with Gasteiger partial charge in [0, 0.05) is 34.8 Å². The van der Waals surface area contributed by atoms with Gasteiger partial charge in [-0.25, -0.2) is 13.4 Å². The zero-order valence-corrected chi connectivity index (χ0v) is 23.1. The number of nitrogens with two attached hydrogens (primary N) is 1. The molecule has 37 heavy (non-hydrogen) atoms. The average molecular weight is 566 g/mol. The van der Waals surface area contributed by atoms with E-state index in [0.717, 1.165) is 16.6 Å². The van der Waals surface area contributed by atoms with E-state index in [-0.39, 0.29) is 34.0 Å². The summed E-state index contributed by atoms with van der Waals surface area (Å²) >= 11 is 13.1. The molecule has 198 valence electrons. The molecular weight excluding hydrogens is 535 g/mol. The molecule has 1 amide bonds. The van der Waals surface area contributed by atoms with Crippen molar-refractivity contribution >= 4 is 50.0 Å². The number of pyridine rings is 1. The summed E-state index contributed by atoms with van der Waals surface area (Å²) in [6.45, 7) is 4.92. The Morgan fingerprint density at radius 3 is 2.78 bits per heavy atom. The van der Waals surface area contributed by atoms with Crippen LogP contribution in [0.5, 0.6) is 5.75 Å². The van der Waals surface area contributed by atoms with Gasteiger partial charge in [-0.05, 0) is 69.5 Å². The second-order valence-electron chi connectivity index (χ2n) is 9.07. The molecule has 0 saturated carbocycles. The Morgan fingerprint density at radius 2 is 2.03 bits per heavy atom. The minimum Gasteiger partial charge on any atom is -0.487 e. The summed E-state index contributed by atoms with van der Waals surface area (Å²) in [6.07, 6.45) is 1.62. The van der Waals surface area contributed by atoms with Crippen LogP contribution < -0.4 is 15.8 Å². The van der Waals surface area contributed by atoms with Gasteiger partial charge in [-0.2, -0.15) is 4.31 Å². The van der Waals surface area contributed by atoms with Crippen molar-refractivity contribution in [2.75, 3.05) is 19.6 Å². The molecule has 1 unspecified atom stereocenters. The molecule has 0 radical (unpaired) electrons. The molecule has 8 nitrogen and oxygen atoms in total. The van der Waals surface area contributed by atoms with Gasteiger partial charge in [0.15, 0.2) is 0 Å². The summed E-state index contributed by atoms with van der Waals surface area (Å²) in [6, 6.07) is 9.70. The smallest absolute Gasteiger partial charge is 0.245 e. The lowest BCUT2D eigenvalue weighted by Gasteiger charge is -2.24. The number of nitrogens with one attached hydrogen (secondary N) is 1. The molecule has 1 aliphatic rings. The summed E-state index contributed by atoms with van der Waals surface area (Å²) < 4.78 is 34.6. The predicted molar refractivity (Wildman–Crippen MR) is 146 cm³/mol. The number of fused-ring (bicyclic) bond motifs is 1. The first-order chi connectivity index (χ1) is 17.6. The Bertz CT molecular complexity index is 1430. The summed E-state index contributed by atoms with van der Waals surface area (Å²) in [7, 11) is -4.07. The zero-order chi connectivity index (χ0) is 26.7. The number of carbonyl (C=O) groups excluding carboxylic acids is 1. The number of aryl methyl sites for hydroxylation is 2. The van der Waals surface area contributed by atoms with Gasteiger partial charge in [-0.15, -0.1) is 0 Å². The number of aromatic nitrogens is 1. The number of hydrogen-bond acceptors (Lipinski definition) is 6. The highest BCUT2D eigenvalue weighted by atomic mass is 35.5. The molecule has 1 aliphatic heterocycles. The zero-order valence-electron chi connectivity index (χ0n) is 20.8. The van der Waals surface area contributed by atoms with Crippen LogP contribution >= 0.6 is 23.2 Å². The number of hydrogen-bond donors (Lipinski definition) is 2. The van der Waals surface area contributed by atoms with E-state index in [4.69, 9.17) is 33.7 Å². The van der Waals surface area contributed by atoms with Crippen molar-refractivity contribution < 1.29 is 17.9 Å². The van der Waals surface area contributed by atoms with Gasteiger partial charge in [-0.3, -0.25) is 4.79 Å². The van der Waals surface area contributed by atoms with Crippen molar-refractivity contribution in [2.24, 2.45) is 5.73 Å². The van der Waals surface area contributed by atoms with E-state index in [9.17, 15) is 13.2 Å². The predicted octanol–water partition coefficient (Wildman–Crippen LogP) is 4.36. The van der Waals surface area contributed by atoms with Gasteiger partial charge in [0.05, 0.1) is 5.02 Å². The van der Waals surface area contributed by atoms with Crippen LogP contribution in [0.25, 0.3) is 10.9 Å². The minimum absolute atomic E-state index is 0.0257. The van der Waals surface area contributed by atoms with Crippen molar-refractivity contribution in [2.45, 2.75) is 50.7 Å². The van der Waals surface area contributed by atoms with Crippen LogP contribution in [-0.2, 0) is 21.4 Å². The van der Waals surface area contributed by atoms with Crippen LogP contribution in [0, 0.1) is 13.8 Å². The monoisotopic (exact) mass is 564 g/mol. The maximum atomic E-state index is 13.6. The van der Waals surface area contributed by atoms with Crippen molar-refractivity contribution in [3.8, 4) is 5.75 Å². The van der Waals surface area contributed by atoms with Crippen LogP contribution in [0.1, 0.15) is 36.1 Å². The molecule has 3 N–H and O–H groups in total. The first-order valence-corrected chi connectivity index (χ1v) is 14.3. The fraction of sp³-hybridized carbons (Fsp3) is 0.385. The Kier molecular flexibility index (Phi) is 8.60. The molecule has 11 heteroatoms. The molecule has 2 aromatic carbocycles. The number of ether oxygens (including phenoxy) is 1. The van der Waals surface area contributed by atoms with Crippen LogP contribution in [0.15, 0.2) is 41.3 Å². The Labute approximate surface area is 227 Å². The van der Waals surface area contributed by atoms with Gasteiger partial charge in [0.2, 0.25) is 15.9 Å². The Balaban J connectivity index is 1.62. The summed E-state index contributed by atoms with van der Waals surface area (Å²) in [5.41, 5.74) is 8.47. The Morgan fingerprint density at radius 1 is 1.24 bits per heavy atom. The van der Waals surface area contributed by atoms with E-state index >= 15 is 0 Å². The molecular formula is C26H30Cl2N4O4S. The third-order valence-electron chi connectivity index (χ3n) is 6.43. The number of para-hydroxylation sites is 1. The number of rotatable bonds is 9. The number of carbonyl (C=O) groups is 1. The lowest BCUT2D eigenvalue weighted by Crippen LogP contribution is -2.46. The van der Waals surface area contributed by atoms with Gasteiger partial charge >= 0.3 is 0 Å². The van der Waals surface area contributed by atoms with Crippen molar-refractivity contribution in [1.82, 2.24) is 14.6 Å². The lowest BCUT2D eigenvalue weighted by atomic mass is 10.1. The number of amides is 1. The number of sulfonamides is 1. The molecule has 2 heterocycles. The second kappa shape index (κ2) is 11.5. The maximum absolute atomic E-state index is 13.6. The van der Waals surface area contributed by atoms with E-state index in [1.165, 1.54) is 16.4 Å². The fourth-order valence-corrected chi connectivity index (χ4v) is 7.10. The van der Waals surface area contributed by atoms with E-state index in [2.05, 4.69) is 10.3 Å². The highest BCUT2D eigenvalue weighted by molar-refractivity contribution is 7.89. The largest absolute Gasteiger partial charge is 0.487 e. The molecule has 0 bridgehead atoms. The molecule has 3 aromatic rings. The third-order valence-corrected chi connectivity index (χ3v) is 9.28. The topological polar surface area (TPSA) is 115 Å². The molecule has 1 saturated heterocycles. The molecule has 1 atom stereocenters. The summed E-state index contributed by atoms with van der Waals surface area (Å²) in [4.78, 5) is 17.2. The van der Waals surface area contributed by atoms with Gasteiger partial charge < -0.3 is 15.8 Å². The van der Waals surface area contributed by atoms with Crippen LogP contribution in [0.2, 0.25) is 10.0 Å². The standard InChI is InChI=1S/C26H30Cl2N4O4S/c1-16-14-17(2)31-25-18(16)6-3-8-22(25)36-15-19-20(27)9-10-23(24(19)28)37(34,35)32-13-4-7-21(32)26(33)30-12-5-11-29/h3,6,8-10,14,21H,4-5,7,11-13,15,29H2,1-2H3,(H,30,33). The number of nitrogens with zero attached hydrogens (tertiary/aromatic N) is 2. The number of benzene rings is 2. The first kappa shape index (κ1) is 27.6. The fourth-order valence-electron chi connectivity index (χ4n) is 4.58. The highest BCUT2D eigenvalue weighted by Crippen LogP contribution is 2.36. The van der Waals surface area contributed by atoms with Crippen LogP contribution in [0.3, 0.4) is 0 Å². The third kappa shape index (κ3) is 5.71. The van der Waals surface area contributed by atoms with Crippen molar-refractivity contribution in [1.29, 1.82) is 0 Å². The van der Waals surface area contributed by atoms with Gasteiger partial charge in [0.25, 0.3) is 0 Å². The van der Waals surface area contributed by atoms with Crippen molar-refractivity contribution in [3.05, 3.63) is 63.3 Å². The minimum atomic E-state index is -4.07. The average Bonchev–Trinajstić information content (AvgIpc) is 3.35. The van der Waals surface area contributed by atoms with E-state index in [0.29, 0.717) is 49.2 Å². The van der Waals surface area contributed by atoms with E-state index < -0.39 is 16.1 Å². The SMILES string of the molecule is Cc1cc(C)c2cccc(OCc3c(Cl)ccc(S(=O)(=O)N4CCCC4C(=O)NCCCN)c3Cl)c2n1. The molecule has 1 fully saturated rings. The highest BCUT2D eigenvalue weighted by Gasteiger charge is 2.40. The van der Waals surface area contributed by atoms with Gasteiger partial charge in [0.1, 0.15) is 28.8 Å². The van der Waals surface area contributed by atoms with Gasteiger partial charge in [-0.1, -0.05) is 35.3 Å². The van der Waals surface area contributed by atoms with E-state index in [1.807, 2.05) is 32.0 Å². The summed E-state index contributed by atoms with van der Waals surface area (Å²) in [5.74, 6) is 0.204. The molecule has 0 spiro atoms. The van der Waals surface area contributed by atoms with Crippen LogP contribution in [-0.4, -0.2) is 49.3 Å². The van der Waals surface area contributed by atoms with E-state index in [1.54, 1.807) is 6.07 Å². The second-order valence-corrected chi connectivity index (χ2v) is 11.7. The number of halogens is 2. The lowest BCUT2D eigenvalue weighted by molar-refractivity contribution is -0.124. The normalized spacial score (nSPS) is 16.3. The summed E-state index contributed by atoms with van der Waals surface area (Å²) in [5, 5.41) is 3.98.